The molecule has 10 heteroatoms. The molecule has 21 heavy (non-hydrogen) atoms. The molecule has 9 nitrogen and oxygen atoms in total. The third-order valence-corrected chi connectivity index (χ3v) is 2.55. The van der Waals surface area contributed by atoms with Crippen LogP contribution < -0.4 is 10.6 Å². The molecule has 1 atom stereocenters. The normalized spacial score (nSPS) is 11.7. The third kappa shape index (κ3) is 3.49. The number of hydrogen-bond acceptors (Lipinski definition) is 5. The molecule has 4 N–H and O–H groups in total. The maximum absolute atomic E-state index is 13.2. The zero-order chi connectivity index (χ0) is 15.4. The van der Waals surface area contributed by atoms with Crippen LogP contribution in [0.25, 0.3) is 0 Å². The van der Waals surface area contributed by atoms with E-state index in [2.05, 4.69) is 31.3 Å². The number of aromatic carboxylic acids is 1. The fourth-order valence-corrected chi connectivity index (χ4v) is 1.55. The summed E-state index contributed by atoms with van der Waals surface area (Å²) < 4.78 is 13.2. The van der Waals surface area contributed by atoms with Crippen LogP contribution >= 0.6 is 0 Å². The first-order chi connectivity index (χ1) is 9.97. The molecule has 1 heterocycles. The van der Waals surface area contributed by atoms with Crippen LogP contribution in [0.5, 0.6) is 0 Å². The van der Waals surface area contributed by atoms with Crippen molar-refractivity contribution in [3.8, 4) is 0 Å². The van der Waals surface area contributed by atoms with Crippen LogP contribution in [0.3, 0.4) is 0 Å². The highest BCUT2D eigenvalue weighted by atomic mass is 19.1. The van der Waals surface area contributed by atoms with Gasteiger partial charge in [-0.05, 0) is 25.1 Å². The summed E-state index contributed by atoms with van der Waals surface area (Å²) in [6, 6.07) is 2.11. The first-order valence-electron chi connectivity index (χ1n) is 5.81. The Morgan fingerprint density at radius 3 is 2.81 bits per heavy atom. The molecule has 0 saturated carbocycles. The van der Waals surface area contributed by atoms with E-state index < -0.39 is 29.4 Å². The van der Waals surface area contributed by atoms with Crippen molar-refractivity contribution in [2.24, 2.45) is 0 Å². The van der Waals surface area contributed by atoms with E-state index in [0.29, 0.717) is 0 Å². The number of urea groups is 1. The number of amides is 2. The molecule has 110 valence electrons. The van der Waals surface area contributed by atoms with E-state index in [1.165, 1.54) is 6.07 Å². The minimum Gasteiger partial charge on any atom is -0.478 e. The number of carboxylic acids is 1. The minimum atomic E-state index is -1.42. The maximum Gasteiger partial charge on any atom is 0.338 e. The Morgan fingerprint density at radius 1 is 1.43 bits per heavy atom. The van der Waals surface area contributed by atoms with Gasteiger partial charge in [0.15, 0.2) is 5.82 Å². The molecule has 0 spiro atoms. The first-order valence-corrected chi connectivity index (χ1v) is 5.81. The Morgan fingerprint density at radius 2 is 2.19 bits per heavy atom. The summed E-state index contributed by atoms with van der Waals surface area (Å²) in [7, 11) is 0. The number of aromatic amines is 1. The number of benzene rings is 1. The van der Waals surface area contributed by atoms with Crippen molar-refractivity contribution in [2.45, 2.75) is 13.0 Å². The summed E-state index contributed by atoms with van der Waals surface area (Å²) in [5, 5.41) is 26.7. The lowest BCUT2D eigenvalue weighted by molar-refractivity contribution is 0.0692. The fraction of sp³-hybridized carbons (Fsp3) is 0.182. The van der Waals surface area contributed by atoms with Crippen LogP contribution in [0.1, 0.15) is 29.1 Å². The Kier molecular flexibility index (Phi) is 4.07. The lowest BCUT2D eigenvalue weighted by Gasteiger charge is -2.11. The zero-order valence-electron chi connectivity index (χ0n) is 10.8. The van der Waals surface area contributed by atoms with Crippen LogP contribution in [-0.4, -0.2) is 37.7 Å². The summed E-state index contributed by atoms with van der Waals surface area (Å²) >= 11 is 0. The van der Waals surface area contributed by atoms with Crippen molar-refractivity contribution in [1.29, 1.82) is 0 Å². The Bertz CT molecular complexity index is 660. The maximum atomic E-state index is 13.2. The first kappa shape index (κ1) is 14.4. The van der Waals surface area contributed by atoms with E-state index in [9.17, 15) is 14.0 Å². The lowest BCUT2D eigenvalue weighted by Crippen LogP contribution is -2.31. The minimum absolute atomic E-state index is 0.145. The van der Waals surface area contributed by atoms with Crippen LogP contribution in [0.4, 0.5) is 14.9 Å². The molecular weight excluding hydrogens is 283 g/mol. The molecule has 1 aromatic carbocycles. The number of anilines is 1. The number of aromatic nitrogens is 4. The second-order valence-corrected chi connectivity index (χ2v) is 4.09. The van der Waals surface area contributed by atoms with E-state index in [1.54, 1.807) is 6.92 Å². The summed E-state index contributed by atoms with van der Waals surface area (Å²) in [6.45, 7) is 1.64. The van der Waals surface area contributed by atoms with Crippen molar-refractivity contribution in [2.75, 3.05) is 5.32 Å². The monoisotopic (exact) mass is 294 g/mol. The van der Waals surface area contributed by atoms with Crippen LogP contribution in [0.15, 0.2) is 18.2 Å². The molecule has 0 aliphatic rings. The van der Waals surface area contributed by atoms with Crippen LogP contribution in [-0.2, 0) is 0 Å². The zero-order valence-corrected chi connectivity index (χ0v) is 10.8. The number of nitrogens with zero attached hydrogens (tertiary/aromatic N) is 3. The predicted octanol–water partition coefficient (Wildman–Crippen LogP) is 0.920. The summed E-state index contributed by atoms with van der Waals surface area (Å²) in [6.07, 6.45) is 0. The molecule has 2 amide bonds. The van der Waals surface area contributed by atoms with Gasteiger partial charge in [-0.25, -0.2) is 14.0 Å². The molecule has 0 radical (unpaired) electrons. The van der Waals surface area contributed by atoms with E-state index in [-0.39, 0.29) is 11.5 Å². The Balaban J connectivity index is 2.03. The number of carbonyl (C=O) groups is 2. The number of carbonyl (C=O) groups excluding carboxylic acids is 1. The SMILES string of the molecule is CC(NC(=O)Nc1ccc(F)c(C(=O)O)c1)c1nn[nH]n1. The number of hydrogen-bond donors (Lipinski definition) is 4. The average Bonchev–Trinajstić information content (AvgIpc) is 2.94. The number of nitrogens with one attached hydrogen (secondary N) is 3. The van der Waals surface area contributed by atoms with Gasteiger partial charge < -0.3 is 15.7 Å². The van der Waals surface area contributed by atoms with Crippen LogP contribution in [0, 0.1) is 5.82 Å². The molecule has 2 aromatic rings. The van der Waals surface area contributed by atoms with Gasteiger partial charge in [0.05, 0.1) is 11.6 Å². The molecular formula is C11H11FN6O3. The van der Waals surface area contributed by atoms with Gasteiger partial charge in [-0.15, -0.1) is 10.2 Å². The van der Waals surface area contributed by atoms with Gasteiger partial charge in [0.25, 0.3) is 0 Å². The Labute approximate surface area is 117 Å². The van der Waals surface area contributed by atoms with Gasteiger partial charge >= 0.3 is 12.0 Å². The molecule has 0 aliphatic carbocycles. The second kappa shape index (κ2) is 5.94. The number of rotatable bonds is 4. The van der Waals surface area contributed by atoms with Gasteiger partial charge in [-0.3, -0.25) is 0 Å². The van der Waals surface area contributed by atoms with Crippen molar-refractivity contribution in [3.05, 3.63) is 35.4 Å². The summed E-state index contributed by atoms with van der Waals surface area (Å²) in [4.78, 5) is 22.5. The van der Waals surface area contributed by atoms with E-state index >= 15 is 0 Å². The standard InChI is InChI=1S/C11H11FN6O3/c1-5(9-15-17-18-16-9)13-11(21)14-6-2-3-8(12)7(4-6)10(19)20/h2-5H,1H3,(H,19,20)(H2,13,14,21)(H,15,16,17,18). The summed E-state index contributed by atoms with van der Waals surface area (Å²) in [5.41, 5.74) is -0.384. The molecule has 0 fully saturated rings. The number of tetrazole rings is 1. The third-order valence-electron chi connectivity index (χ3n) is 2.55. The van der Waals surface area contributed by atoms with Gasteiger partial charge in [0.1, 0.15) is 5.82 Å². The van der Waals surface area contributed by atoms with E-state index in [4.69, 9.17) is 5.11 Å². The van der Waals surface area contributed by atoms with Gasteiger partial charge in [-0.2, -0.15) is 5.21 Å². The second-order valence-electron chi connectivity index (χ2n) is 4.09. The van der Waals surface area contributed by atoms with Crippen molar-refractivity contribution in [3.63, 3.8) is 0 Å². The van der Waals surface area contributed by atoms with Crippen molar-refractivity contribution >= 4 is 17.7 Å². The lowest BCUT2D eigenvalue weighted by atomic mass is 10.2. The molecule has 0 bridgehead atoms. The van der Waals surface area contributed by atoms with Gasteiger partial charge in [0.2, 0.25) is 0 Å². The van der Waals surface area contributed by atoms with Crippen LogP contribution in [0.2, 0.25) is 0 Å². The molecule has 2 rings (SSSR count). The van der Waals surface area contributed by atoms with Gasteiger partial charge in [-0.1, -0.05) is 5.21 Å². The van der Waals surface area contributed by atoms with E-state index in [1.807, 2.05) is 0 Å². The number of H-pyrrole nitrogens is 1. The predicted molar refractivity (Wildman–Crippen MR) is 68.1 cm³/mol. The van der Waals surface area contributed by atoms with Crippen molar-refractivity contribution in [1.82, 2.24) is 25.9 Å². The highest BCUT2D eigenvalue weighted by Crippen LogP contribution is 2.15. The number of halogens is 1. The fourth-order valence-electron chi connectivity index (χ4n) is 1.55. The quantitative estimate of drug-likeness (QED) is 0.662. The Hall–Kier alpha value is -3.04. The highest BCUT2D eigenvalue weighted by Gasteiger charge is 2.15. The number of carboxylic acid groups (broad SMARTS) is 1. The molecule has 1 aromatic heterocycles. The topological polar surface area (TPSA) is 133 Å². The molecule has 0 saturated heterocycles. The largest absolute Gasteiger partial charge is 0.478 e. The highest BCUT2D eigenvalue weighted by molar-refractivity contribution is 5.93. The van der Waals surface area contributed by atoms with Gasteiger partial charge in [0, 0.05) is 5.69 Å². The average molecular weight is 294 g/mol. The molecule has 0 aliphatic heterocycles. The van der Waals surface area contributed by atoms with E-state index in [0.717, 1.165) is 12.1 Å². The summed E-state index contributed by atoms with van der Waals surface area (Å²) in [5.74, 6) is -2.01. The smallest absolute Gasteiger partial charge is 0.338 e. The van der Waals surface area contributed by atoms with Crippen molar-refractivity contribution < 1.29 is 19.1 Å². The molecule has 1 unspecified atom stereocenters.